The van der Waals surface area contributed by atoms with Gasteiger partial charge in [0.15, 0.2) is 0 Å². The Balaban J connectivity index is 2.05. The van der Waals surface area contributed by atoms with Crippen molar-refractivity contribution in [2.24, 2.45) is 0 Å². The molecule has 0 aliphatic carbocycles. The van der Waals surface area contributed by atoms with E-state index in [1.165, 1.54) is 0 Å². The Morgan fingerprint density at radius 2 is 2.12 bits per heavy atom. The minimum absolute atomic E-state index is 0.0977. The Kier molecular flexibility index (Phi) is 6.52. The molecule has 6 heteroatoms. The van der Waals surface area contributed by atoms with Crippen LogP contribution in [-0.2, 0) is 19.1 Å². The van der Waals surface area contributed by atoms with Crippen LogP contribution in [0, 0.1) is 0 Å². The summed E-state index contributed by atoms with van der Waals surface area (Å²) in [5, 5.41) is 2.59. The molecule has 1 unspecified atom stereocenters. The standard InChI is InChI=1S/C18H24N2O4/c1-19-16(21)12-18(14-23-2)13-20(10-11-24-18)17(22)9-8-15-6-4-3-5-7-15/h3-9H,10-14H2,1-2H3,(H,19,21). The number of carbonyl (C=O) groups is 2. The second kappa shape index (κ2) is 8.61. The maximum atomic E-state index is 12.5. The van der Waals surface area contributed by atoms with Crippen molar-refractivity contribution in [3.63, 3.8) is 0 Å². The SMILES string of the molecule is CNC(=O)CC1(COC)CN(C(=O)C=Cc2ccccc2)CCO1. The zero-order valence-corrected chi connectivity index (χ0v) is 14.2. The predicted molar refractivity (Wildman–Crippen MR) is 91.3 cm³/mol. The largest absolute Gasteiger partial charge is 0.382 e. The Hall–Kier alpha value is -2.18. The number of rotatable bonds is 6. The van der Waals surface area contributed by atoms with E-state index in [4.69, 9.17) is 9.47 Å². The molecule has 2 rings (SSSR count). The van der Waals surface area contributed by atoms with E-state index in [1.54, 1.807) is 31.2 Å². The maximum Gasteiger partial charge on any atom is 0.246 e. The van der Waals surface area contributed by atoms with Crippen LogP contribution in [0.15, 0.2) is 36.4 Å². The molecule has 0 saturated carbocycles. The van der Waals surface area contributed by atoms with Crippen LogP contribution in [0.5, 0.6) is 0 Å². The molecule has 0 radical (unpaired) electrons. The number of benzene rings is 1. The van der Waals surface area contributed by atoms with E-state index in [0.717, 1.165) is 5.56 Å². The fourth-order valence-corrected chi connectivity index (χ4v) is 2.76. The average molecular weight is 332 g/mol. The van der Waals surface area contributed by atoms with Crippen molar-refractivity contribution in [3.8, 4) is 0 Å². The van der Waals surface area contributed by atoms with Crippen molar-refractivity contribution in [1.29, 1.82) is 0 Å². The van der Waals surface area contributed by atoms with Gasteiger partial charge in [-0.15, -0.1) is 0 Å². The summed E-state index contributed by atoms with van der Waals surface area (Å²) in [7, 11) is 3.14. The van der Waals surface area contributed by atoms with E-state index >= 15 is 0 Å². The van der Waals surface area contributed by atoms with E-state index in [2.05, 4.69) is 5.32 Å². The van der Waals surface area contributed by atoms with Gasteiger partial charge in [-0.3, -0.25) is 9.59 Å². The number of ether oxygens (including phenoxy) is 2. The summed E-state index contributed by atoms with van der Waals surface area (Å²) in [4.78, 5) is 25.9. The smallest absolute Gasteiger partial charge is 0.246 e. The molecule has 1 aromatic rings. The van der Waals surface area contributed by atoms with Crippen LogP contribution in [0.25, 0.3) is 6.08 Å². The lowest BCUT2D eigenvalue weighted by atomic mass is 9.97. The van der Waals surface area contributed by atoms with Gasteiger partial charge in [-0.1, -0.05) is 30.3 Å². The van der Waals surface area contributed by atoms with Gasteiger partial charge in [-0.25, -0.2) is 0 Å². The highest BCUT2D eigenvalue weighted by Crippen LogP contribution is 2.23. The summed E-state index contributed by atoms with van der Waals surface area (Å²) in [6.07, 6.45) is 3.50. The third-order valence-corrected chi connectivity index (χ3v) is 3.95. The van der Waals surface area contributed by atoms with Gasteiger partial charge in [-0.2, -0.15) is 0 Å². The third kappa shape index (κ3) is 4.91. The first-order valence-electron chi connectivity index (χ1n) is 7.94. The molecule has 24 heavy (non-hydrogen) atoms. The average Bonchev–Trinajstić information content (AvgIpc) is 2.60. The predicted octanol–water partition coefficient (Wildman–Crippen LogP) is 1.08. The molecule has 6 nitrogen and oxygen atoms in total. The van der Waals surface area contributed by atoms with Gasteiger partial charge >= 0.3 is 0 Å². The van der Waals surface area contributed by atoms with Crippen molar-refractivity contribution in [3.05, 3.63) is 42.0 Å². The lowest BCUT2D eigenvalue weighted by molar-refractivity contribution is -0.164. The first-order valence-corrected chi connectivity index (χ1v) is 7.94. The van der Waals surface area contributed by atoms with Crippen LogP contribution in [0.4, 0.5) is 0 Å². The molecular weight excluding hydrogens is 308 g/mol. The van der Waals surface area contributed by atoms with Gasteiger partial charge in [-0.05, 0) is 11.6 Å². The summed E-state index contributed by atoms with van der Waals surface area (Å²) < 4.78 is 11.0. The molecule has 1 atom stereocenters. The normalized spacial score (nSPS) is 21.0. The highest BCUT2D eigenvalue weighted by Gasteiger charge is 2.39. The zero-order valence-electron chi connectivity index (χ0n) is 14.2. The van der Waals surface area contributed by atoms with Crippen molar-refractivity contribution in [2.45, 2.75) is 12.0 Å². The van der Waals surface area contributed by atoms with Crippen LogP contribution in [0.1, 0.15) is 12.0 Å². The highest BCUT2D eigenvalue weighted by molar-refractivity contribution is 5.92. The highest BCUT2D eigenvalue weighted by atomic mass is 16.5. The first-order chi connectivity index (χ1) is 11.6. The Morgan fingerprint density at radius 1 is 1.38 bits per heavy atom. The fraction of sp³-hybridized carbons (Fsp3) is 0.444. The number of amides is 2. The molecule has 1 aromatic carbocycles. The summed E-state index contributed by atoms with van der Waals surface area (Å²) in [5.41, 5.74) is 0.163. The van der Waals surface area contributed by atoms with Gasteiger partial charge in [0.1, 0.15) is 5.60 Å². The quantitative estimate of drug-likeness (QED) is 0.792. The summed E-state index contributed by atoms with van der Waals surface area (Å²) >= 11 is 0. The minimum atomic E-state index is -0.802. The Labute approximate surface area is 142 Å². The first kappa shape index (κ1) is 18.2. The minimum Gasteiger partial charge on any atom is -0.382 e. The molecule has 1 aliphatic heterocycles. The van der Waals surface area contributed by atoms with Crippen molar-refractivity contribution >= 4 is 17.9 Å². The second-order valence-electron chi connectivity index (χ2n) is 5.82. The van der Waals surface area contributed by atoms with E-state index in [1.807, 2.05) is 30.3 Å². The van der Waals surface area contributed by atoms with Crippen molar-refractivity contribution in [2.75, 3.05) is 40.5 Å². The van der Waals surface area contributed by atoms with Crippen LogP contribution in [0.2, 0.25) is 0 Å². The second-order valence-corrected chi connectivity index (χ2v) is 5.82. The number of hydrogen-bond acceptors (Lipinski definition) is 4. The molecule has 0 bridgehead atoms. The molecule has 2 amide bonds. The molecule has 0 spiro atoms. The lowest BCUT2D eigenvalue weighted by Gasteiger charge is -2.41. The molecular formula is C18H24N2O4. The molecule has 1 saturated heterocycles. The molecule has 130 valence electrons. The number of methoxy groups -OCH3 is 1. The topological polar surface area (TPSA) is 67.9 Å². The van der Waals surface area contributed by atoms with E-state index in [0.29, 0.717) is 19.7 Å². The number of hydrogen-bond donors (Lipinski definition) is 1. The fourth-order valence-electron chi connectivity index (χ4n) is 2.76. The van der Waals surface area contributed by atoms with Crippen LogP contribution < -0.4 is 5.32 Å². The van der Waals surface area contributed by atoms with Crippen LogP contribution >= 0.6 is 0 Å². The van der Waals surface area contributed by atoms with Crippen LogP contribution in [-0.4, -0.2) is 62.8 Å². The van der Waals surface area contributed by atoms with Gasteiger partial charge in [0.25, 0.3) is 0 Å². The summed E-state index contributed by atoms with van der Waals surface area (Å²) in [6.45, 7) is 1.46. The van der Waals surface area contributed by atoms with Crippen molar-refractivity contribution < 1.29 is 19.1 Å². The van der Waals surface area contributed by atoms with E-state index in [9.17, 15) is 9.59 Å². The molecule has 1 aliphatic rings. The Morgan fingerprint density at radius 3 is 2.79 bits per heavy atom. The Bertz CT molecular complexity index is 584. The summed E-state index contributed by atoms with van der Waals surface area (Å²) in [5.74, 6) is -0.235. The molecule has 0 aromatic heterocycles. The van der Waals surface area contributed by atoms with Crippen LogP contribution in [0.3, 0.4) is 0 Å². The van der Waals surface area contributed by atoms with Gasteiger partial charge in [0.05, 0.1) is 26.2 Å². The van der Waals surface area contributed by atoms with E-state index in [-0.39, 0.29) is 24.8 Å². The van der Waals surface area contributed by atoms with Gasteiger partial charge in [0, 0.05) is 26.8 Å². The number of nitrogens with zero attached hydrogens (tertiary/aromatic N) is 1. The monoisotopic (exact) mass is 332 g/mol. The summed E-state index contributed by atoms with van der Waals surface area (Å²) in [6, 6.07) is 9.64. The van der Waals surface area contributed by atoms with Crippen molar-refractivity contribution in [1.82, 2.24) is 10.2 Å². The number of carbonyl (C=O) groups excluding carboxylic acids is 2. The lowest BCUT2D eigenvalue weighted by Crippen LogP contribution is -2.57. The number of morpholine rings is 1. The van der Waals surface area contributed by atoms with Gasteiger partial charge < -0.3 is 19.7 Å². The third-order valence-electron chi connectivity index (χ3n) is 3.95. The molecule has 1 fully saturated rings. The zero-order chi connectivity index (χ0) is 17.4. The maximum absolute atomic E-state index is 12.5. The molecule has 1 N–H and O–H groups in total. The van der Waals surface area contributed by atoms with E-state index < -0.39 is 5.60 Å². The van der Waals surface area contributed by atoms with Gasteiger partial charge in [0.2, 0.25) is 11.8 Å². The number of nitrogens with one attached hydrogen (secondary N) is 1. The molecule has 1 heterocycles.